The third-order valence-corrected chi connectivity index (χ3v) is 5.34. The fraction of sp³-hybridized carbons (Fsp3) is 0.652. The van der Waals surface area contributed by atoms with Crippen molar-refractivity contribution in [3.05, 3.63) is 23.8 Å². The molecule has 1 saturated carbocycles. The number of guanidine groups is 1. The molecule has 0 bridgehead atoms. The highest BCUT2D eigenvalue weighted by Crippen LogP contribution is 2.30. The van der Waals surface area contributed by atoms with Crippen molar-refractivity contribution in [2.75, 3.05) is 33.4 Å². The summed E-state index contributed by atoms with van der Waals surface area (Å²) in [6.45, 7) is 8.38. The fourth-order valence-corrected chi connectivity index (χ4v) is 3.70. The van der Waals surface area contributed by atoms with Crippen LogP contribution in [-0.2, 0) is 4.79 Å². The third kappa shape index (κ3) is 9.13. The molecule has 1 atom stereocenters. The van der Waals surface area contributed by atoms with Gasteiger partial charge in [0.25, 0.3) is 0 Å². The van der Waals surface area contributed by atoms with Crippen LogP contribution in [0.15, 0.2) is 23.2 Å². The SMILES string of the molecule is CCOc1ccc(C(C)NC(=NC)NCCNC(=O)C2CCCCC2)cc1OCC.I. The maximum atomic E-state index is 12.2. The van der Waals surface area contributed by atoms with Crippen molar-refractivity contribution < 1.29 is 14.3 Å². The van der Waals surface area contributed by atoms with Crippen molar-refractivity contribution >= 4 is 35.8 Å². The number of rotatable bonds is 10. The first-order valence-corrected chi connectivity index (χ1v) is 11.2. The summed E-state index contributed by atoms with van der Waals surface area (Å²) in [5, 5.41) is 9.69. The lowest BCUT2D eigenvalue weighted by Crippen LogP contribution is -2.43. The number of nitrogens with zero attached hydrogens (tertiary/aromatic N) is 1. The highest BCUT2D eigenvalue weighted by Gasteiger charge is 2.20. The van der Waals surface area contributed by atoms with Gasteiger partial charge in [-0.1, -0.05) is 25.3 Å². The van der Waals surface area contributed by atoms with Crippen LogP contribution in [-0.4, -0.2) is 45.2 Å². The van der Waals surface area contributed by atoms with Gasteiger partial charge in [0, 0.05) is 26.1 Å². The van der Waals surface area contributed by atoms with Crippen LogP contribution in [0.5, 0.6) is 11.5 Å². The van der Waals surface area contributed by atoms with E-state index in [0.29, 0.717) is 32.3 Å². The minimum Gasteiger partial charge on any atom is -0.490 e. The zero-order valence-electron chi connectivity index (χ0n) is 19.3. The molecule has 2 rings (SSSR count). The number of halogens is 1. The minimum atomic E-state index is 0. The van der Waals surface area contributed by atoms with Crippen LogP contribution in [0.25, 0.3) is 0 Å². The molecule has 7 nitrogen and oxygen atoms in total. The number of ether oxygens (including phenoxy) is 2. The van der Waals surface area contributed by atoms with Crippen LogP contribution >= 0.6 is 24.0 Å². The molecule has 0 aliphatic heterocycles. The van der Waals surface area contributed by atoms with Crippen molar-refractivity contribution in [2.24, 2.45) is 10.9 Å². The first-order valence-electron chi connectivity index (χ1n) is 11.2. The maximum Gasteiger partial charge on any atom is 0.223 e. The minimum absolute atomic E-state index is 0. The third-order valence-electron chi connectivity index (χ3n) is 5.34. The van der Waals surface area contributed by atoms with Gasteiger partial charge in [-0.05, 0) is 51.3 Å². The van der Waals surface area contributed by atoms with Gasteiger partial charge in [-0.25, -0.2) is 0 Å². The van der Waals surface area contributed by atoms with E-state index < -0.39 is 0 Å². The van der Waals surface area contributed by atoms with Gasteiger partial charge in [-0.3, -0.25) is 9.79 Å². The van der Waals surface area contributed by atoms with E-state index in [4.69, 9.17) is 9.47 Å². The molecule has 1 unspecified atom stereocenters. The van der Waals surface area contributed by atoms with E-state index >= 15 is 0 Å². The smallest absolute Gasteiger partial charge is 0.223 e. The maximum absolute atomic E-state index is 12.2. The van der Waals surface area contributed by atoms with E-state index in [0.717, 1.165) is 29.9 Å². The van der Waals surface area contributed by atoms with Gasteiger partial charge >= 0.3 is 0 Å². The van der Waals surface area contributed by atoms with Crippen molar-refractivity contribution in [2.45, 2.75) is 58.9 Å². The number of benzene rings is 1. The van der Waals surface area contributed by atoms with Crippen molar-refractivity contribution in [3.8, 4) is 11.5 Å². The van der Waals surface area contributed by atoms with Gasteiger partial charge in [0.2, 0.25) is 5.91 Å². The second kappa shape index (κ2) is 15.2. The molecular weight excluding hydrogens is 507 g/mol. The van der Waals surface area contributed by atoms with Crippen LogP contribution in [0.4, 0.5) is 0 Å². The normalized spacial score (nSPS) is 15.4. The molecule has 3 N–H and O–H groups in total. The molecular formula is C23H39IN4O3. The summed E-state index contributed by atoms with van der Waals surface area (Å²) in [4.78, 5) is 16.5. The Labute approximate surface area is 204 Å². The molecule has 1 amide bonds. The molecule has 0 spiro atoms. The summed E-state index contributed by atoms with van der Waals surface area (Å²) in [7, 11) is 1.74. The van der Waals surface area contributed by atoms with E-state index in [1.54, 1.807) is 7.05 Å². The van der Waals surface area contributed by atoms with E-state index in [2.05, 4.69) is 27.9 Å². The Morgan fingerprint density at radius 2 is 1.71 bits per heavy atom. The summed E-state index contributed by atoms with van der Waals surface area (Å²) in [6, 6.07) is 6.01. The molecule has 31 heavy (non-hydrogen) atoms. The Morgan fingerprint density at radius 1 is 1.06 bits per heavy atom. The quantitative estimate of drug-likeness (QED) is 0.179. The topological polar surface area (TPSA) is 84.0 Å². The highest BCUT2D eigenvalue weighted by atomic mass is 127. The Bertz CT molecular complexity index is 693. The summed E-state index contributed by atoms with van der Waals surface area (Å²) in [6.07, 6.45) is 5.63. The number of carbonyl (C=O) groups excluding carboxylic acids is 1. The molecule has 1 aromatic rings. The molecule has 0 aromatic heterocycles. The Balaban J connectivity index is 0.00000480. The largest absolute Gasteiger partial charge is 0.490 e. The van der Waals surface area contributed by atoms with Crippen molar-refractivity contribution in [3.63, 3.8) is 0 Å². The lowest BCUT2D eigenvalue weighted by atomic mass is 9.89. The molecule has 176 valence electrons. The van der Waals surface area contributed by atoms with Crippen LogP contribution in [0, 0.1) is 5.92 Å². The summed E-state index contributed by atoms with van der Waals surface area (Å²) >= 11 is 0. The number of hydrogen-bond donors (Lipinski definition) is 3. The number of hydrogen-bond acceptors (Lipinski definition) is 4. The zero-order chi connectivity index (χ0) is 21.8. The Morgan fingerprint density at radius 3 is 2.35 bits per heavy atom. The lowest BCUT2D eigenvalue weighted by molar-refractivity contribution is -0.125. The lowest BCUT2D eigenvalue weighted by Gasteiger charge is -2.22. The number of carbonyl (C=O) groups is 1. The van der Waals surface area contributed by atoms with E-state index in [9.17, 15) is 4.79 Å². The van der Waals surface area contributed by atoms with Crippen LogP contribution in [0.3, 0.4) is 0 Å². The van der Waals surface area contributed by atoms with Crippen LogP contribution in [0.1, 0.15) is 64.5 Å². The Hall–Kier alpha value is -1.71. The van der Waals surface area contributed by atoms with Gasteiger partial charge < -0.3 is 25.4 Å². The molecule has 1 aliphatic carbocycles. The second-order valence-electron chi connectivity index (χ2n) is 7.56. The second-order valence-corrected chi connectivity index (χ2v) is 7.56. The summed E-state index contributed by atoms with van der Waals surface area (Å²) in [5.41, 5.74) is 1.08. The van der Waals surface area contributed by atoms with Crippen LogP contribution in [0.2, 0.25) is 0 Å². The predicted octanol–water partition coefficient (Wildman–Crippen LogP) is 4.02. The summed E-state index contributed by atoms with van der Waals surface area (Å²) in [5.74, 6) is 2.58. The first kappa shape index (κ1) is 27.3. The van der Waals surface area contributed by atoms with Gasteiger partial charge in [0.15, 0.2) is 17.5 Å². The predicted molar refractivity (Wildman–Crippen MR) is 137 cm³/mol. The molecule has 0 heterocycles. The average molecular weight is 546 g/mol. The monoisotopic (exact) mass is 546 g/mol. The molecule has 0 saturated heterocycles. The highest BCUT2D eigenvalue weighted by molar-refractivity contribution is 14.0. The van der Waals surface area contributed by atoms with Gasteiger partial charge in [-0.15, -0.1) is 24.0 Å². The fourth-order valence-electron chi connectivity index (χ4n) is 3.70. The Kier molecular flexibility index (Phi) is 13.4. The van der Waals surface area contributed by atoms with Gasteiger partial charge in [-0.2, -0.15) is 0 Å². The van der Waals surface area contributed by atoms with E-state index in [-0.39, 0.29) is 41.8 Å². The molecule has 0 radical (unpaired) electrons. The number of amides is 1. The molecule has 8 heteroatoms. The molecule has 1 aliphatic rings. The molecule has 1 aromatic carbocycles. The zero-order valence-corrected chi connectivity index (χ0v) is 21.7. The standard InChI is InChI=1S/C23H38N4O3.HI/c1-5-29-20-13-12-19(16-21(20)30-6-2)17(3)27-23(24-4)26-15-14-25-22(28)18-10-8-7-9-11-18;/h12-13,16-18H,5-11,14-15H2,1-4H3,(H,25,28)(H2,24,26,27);1H. The van der Waals surface area contributed by atoms with Crippen molar-refractivity contribution in [1.29, 1.82) is 0 Å². The summed E-state index contributed by atoms with van der Waals surface area (Å²) < 4.78 is 11.4. The number of nitrogens with one attached hydrogen (secondary N) is 3. The molecule has 1 fully saturated rings. The van der Waals surface area contributed by atoms with Gasteiger partial charge in [0.05, 0.1) is 19.3 Å². The average Bonchev–Trinajstić information content (AvgIpc) is 2.77. The van der Waals surface area contributed by atoms with E-state index in [1.807, 2.05) is 32.0 Å². The van der Waals surface area contributed by atoms with Crippen molar-refractivity contribution in [1.82, 2.24) is 16.0 Å². The number of aliphatic imine (C=N–C) groups is 1. The first-order chi connectivity index (χ1) is 14.6. The van der Waals surface area contributed by atoms with Crippen LogP contribution < -0.4 is 25.4 Å². The van der Waals surface area contributed by atoms with E-state index in [1.165, 1.54) is 19.3 Å². The van der Waals surface area contributed by atoms with Gasteiger partial charge in [0.1, 0.15) is 0 Å².